The van der Waals surface area contributed by atoms with Crippen molar-refractivity contribution in [2.24, 2.45) is 5.92 Å². The van der Waals surface area contributed by atoms with Crippen LogP contribution >= 0.6 is 11.3 Å². The van der Waals surface area contributed by atoms with E-state index in [1.807, 2.05) is 0 Å². The molecule has 3 unspecified atom stereocenters. The van der Waals surface area contributed by atoms with Crippen LogP contribution in [-0.2, 0) is 4.79 Å². The van der Waals surface area contributed by atoms with Crippen molar-refractivity contribution in [1.82, 2.24) is 10.2 Å². The van der Waals surface area contributed by atoms with Crippen LogP contribution in [0, 0.1) is 5.92 Å². The molecule has 19 heavy (non-hydrogen) atoms. The van der Waals surface area contributed by atoms with Crippen molar-refractivity contribution in [2.45, 2.75) is 57.8 Å². The van der Waals surface area contributed by atoms with E-state index >= 15 is 0 Å². The SMILES string of the molecule is CCC1NC(c2ccsc2)N(C(C)C2CCC2)C1=O. The van der Waals surface area contributed by atoms with Gasteiger partial charge in [-0.2, -0.15) is 11.3 Å². The highest BCUT2D eigenvalue weighted by Crippen LogP contribution is 2.38. The first kappa shape index (κ1) is 13.1. The van der Waals surface area contributed by atoms with Gasteiger partial charge in [-0.25, -0.2) is 0 Å². The molecule has 1 amide bonds. The Bertz CT molecular complexity index is 441. The summed E-state index contributed by atoms with van der Waals surface area (Å²) in [5.74, 6) is 0.987. The molecule has 4 heteroatoms. The van der Waals surface area contributed by atoms with Crippen LogP contribution in [-0.4, -0.2) is 22.9 Å². The van der Waals surface area contributed by atoms with E-state index in [1.165, 1.54) is 24.8 Å². The van der Waals surface area contributed by atoms with Crippen LogP contribution in [0.15, 0.2) is 16.8 Å². The Balaban J connectivity index is 1.85. The Hall–Kier alpha value is -0.870. The highest BCUT2D eigenvalue weighted by atomic mass is 32.1. The maximum Gasteiger partial charge on any atom is 0.241 e. The van der Waals surface area contributed by atoms with E-state index in [0.717, 1.165) is 6.42 Å². The fraction of sp³-hybridized carbons (Fsp3) is 0.667. The zero-order valence-corrected chi connectivity index (χ0v) is 12.5. The number of hydrogen-bond donors (Lipinski definition) is 1. The standard InChI is InChI=1S/C15H22N2OS/c1-3-13-15(18)17(10(2)11-5-4-6-11)14(16-13)12-7-8-19-9-12/h7-11,13-14,16H,3-6H2,1-2H3. The summed E-state index contributed by atoms with van der Waals surface area (Å²) in [4.78, 5) is 14.7. The predicted octanol–water partition coefficient (Wildman–Crippen LogP) is 3.15. The minimum absolute atomic E-state index is 0.00701. The van der Waals surface area contributed by atoms with Gasteiger partial charge in [0.1, 0.15) is 6.17 Å². The van der Waals surface area contributed by atoms with Crippen LogP contribution in [0.2, 0.25) is 0 Å². The largest absolute Gasteiger partial charge is 0.319 e. The Labute approximate surface area is 119 Å². The van der Waals surface area contributed by atoms with E-state index in [4.69, 9.17) is 0 Å². The second kappa shape index (κ2) is 5.25. The number of thiophene rings is 1. The third-order valence-corrected chi connectivity index (χ3v) is 5.43. The van der Waals surface area contributed by atoms with Gasteiger partial charge in [-0.15, -0.1) is 0 Å². The average molecular weight is 278 g/mol. The highest BCUT2D eigenvalue weighted by molar-refractivity contribution is 7.07. The van der Waals surface area contributed by atoms with Crippen LogP contribution in [0.1, 0.15) is 51.3 Å². The quantitative estimate of drug-likeness (QED) is 0.917. The number of carbonyl (C=O) groups is 1. The van der Waals surface area contributed by atoms with Gasteiger partial charge in [0.2, 0.25) is 5.91 Å². The van der Waals surface area contributed by atoms with E-state index in [1.54, 1.807) is 11.3 Å². The molecule has 3 atom stereocenters. The van der Waals surface area contributed by atoms with Gasteiger partial charge < -0.3 is 4.90 Å². The highest BCUT2D eigenvalue weighted by Gasteiger charge is 2.43. The van der Waals surface area contributed by atoms with Gasteiger partial charge in [0.05, 0.1) is 6.04 Å². The molecule has 1 saturated heterocycles. The Morgan fingerprint density at radius 3 is 2.84 bits per heavy atom. The summed E-state index contributed by atoms with van der Waals surface area (Å²) in [6.45, 7) is 4.30. The van der Waals surface area contributed by atoms with E-state index in [-0.39, 0.29) is 18.1 Å². The molecule has 0 radical (unpaired) electrons. The lowest BCUT2D eigenvalue weighted by Crippen LogP contribution is -2.44. The van der Waals surface area contributed by atoms with Gasteiger partial charge >= 0.3 is 0 Å². The third-order valence-electron chi connectivity index (χ3n) is 4.73. The number of nitrogens with zero attached hydrogens (tertiary/aromatic N) is 1. The molecule has 3 rings (SSSR count). The number of carbonyl (C=O) groups excluding carboxylic acids is 1. The second-order valence-electron chi connectivity index (χ2n) is 5.76. The van der Waals surface area contributed by atoms with Crippen LogP contribution < -0.4 is 5.32 Å². The molecule has 0 aromatic carbocycles. The van der Waals surface area contributed by atoms with Crippen molar-refractivity contribution in [1.29, 1.82) is 0 Å². The molecule has 1 aliphatic carbocycles. The van der Waals surface area contributed by atoms with Gasteiger partial charge in [0.25, 0.3) is 0 Å². The van der Waals surface area contributed by atoms with Gasteiger partial charge in [-0.1, -0.05) is 13.3 Å². The molecule has 1 aliphatic heterocycles. The van der Waals surface area contributed by atoms with Crippen molar-refractivity contribution in [2.75, 3.05) is 0 Å². The first-order valence-electron chi connectivity index (χ1n) is 7.32. The Morgan fingerprint density at radius 1 is 1.53 bits per heavy atom. The Morgan fingerprint density at radius 2 is 2.32 bits per heavy atom. The maximum atomic E-state index is 12.6. The van der Waals surface area contributed by atoms with Gasteiger partial charge in [0.15, 0.2) is 0 Å². The number of amides is 1. The van der Waals surface area contributed by atoms with Crippen molar-refractivity contribution < 1.29 is 4.79 Å². The Kier molecular flexibility index (Phi) is 3.63. The molecule has 0 spiro atoms. The molecule has 2 aliphatic rings. The molecule has 1 aromatic heterocycles. The van der Waals surface area contributed by atoms with Crippen molar-refractivity contribution in [3.8, 4) is 0 Å². The topological polar surface area (TPSA) is 32.3 Å². The normalized spacial score (nSPS) is 29.6. The molecule has 1 N–H and O–H groups in total. The summed E-state index contributed by atoms with van der Waals surface area (Å²) in [5, 5.41) is 7.76. The molecular formula is C15H22N2OS. The summed E-state index contributed by atoms with van der Waals surface area (Å²) in [5.41, 5.74) is 1.24. The molecule has 104 valence electrons. The zero-order chi connectivity index (χ0) is 13.4. The number of hydrogen-bond acceptors (Lipinski definition) is 3. The average Bonchev–Trinajstić information content (AvgIpc) is 2.93. The summed E-state index contributed by atoms with van der Waals surface area (Å²) in [7, 11) is 0. The first-order chi connectivity index (χ1) is 9.22. The molecule has 3 nitrogen and oxygen atoms in total. The first-order valence-corrected chi connectivity index (χ1v) is 8.27. The van der Waals surface area contributed by atoms with Gasteiger partial charge in [-0.05, 0) is 54.5 Å². The summed E-state index contributed by atoms with van der Waals surface area (Å²) in [6, 6.07) is 2.48. The van der Waals surface area contributed by atoms with E-state index in [2.05, 4.69) is 40.9 Å². The number of rotatable bonds is 4. The third kappa shape index (κ3) is 2.21. The predicted molar refractivity (Wildman–Crippen MR) is 77.9 cm³/mol. The smallest absolute Gasteiger partial charge is 0.241 e. The van der Waals surface area contributed by atoms with Crippen molar-refractivity contribution >= 4 is 17.2 Å². The second-order valence-corrected chi connectivity index (χ2v) is 6.54. The summed E-state index contributed by atoms with van der Waals surface area (Å²) < 4.78 is 0. The molecular weight excluding hydrogens is 256 g/mol. The lowest BCUT2D eigenvalue weighted by Gasteiger charge is -2.39. The minimum Gasteiger partial charge on any atom is -0.319 e. The van der Waals surface area contributed by atoms with E-state index in [9.17, 15) is 4.79 Å². The lowest BCUT2D eigenvalue weighted by molar-refractivity contribution is -0.133. The van der Waals surface area contributed by atoms with Gasteiger partial charge in [0, 0.05) is 6.04 Å². The fourth-order valence-corrected chi connectivity index (χ4v) is 3.89. The zero-order valence-electron chi connectivity index (χ0n) is 11.6. The van der Waals surface area contributed by atoms with Crippen molar-refractivity contribution in [3.05, 3.63) is 22.4 Å². The summed E-state index contributed by atoms with van der Waals surface area (Å²) in [6.07, 6.45) is 4.83. The number of nitrogens with one attached hydrogen (secondary N) is 1. The fourth-order valence-electron chi connectivity index (χ4n) is 3.21. The van der Waals surface area contributed by atoms with Gasteiger partial charge in [-0.3, -0.25) is 10.1 Å². The molecule has 2 fully saturated rings. The molecule has 0 bridgehead atoms. The van der Waals surface area contributed by atoms with Crippen LogP contribution in [0.5, 0.6) is 0 Å². The molecule has 1 aromatic rings. The maximum absolute atomic E-state index is 12.6. The van der Waals surface area contributed by atoms with Crippen LogP contribution in [0.4, 0.5) is 0 Å². The van der Waals surface area contributed by atoms with Crippen LogP contribution in [0.3, 0.4) is 0 Å². The lowest BCUT2D eigenvalue weighted by atomic mass is 9.79. The molecule has 2 heterocycles. The monoisotopic (exact) mass is 278 g/mol. The molecule has 1 saturated carbocycles. The van der Waals surface area contributed by atoms with E-state index < -0.39 is 0 Å². The van der Waals surface area contributed by atoms with Crippen LogP contribution in [0.25, 0.3) is 0 Å². The van der Waals surface area contributed by atoms with Crippen molar-refractivity contribution in [3.63, 3.8) is 0 Å². The van der Waals surface area contributed by atoms with E-state index in [0.29, 0.717) is 12.0 Å². The summed E-state index contributed by atoms with van der Waals surface area (Å²) >= 11 is 1.70. The minimum atomic E-state index is -0.00701.